The molecule has 3 nitrogen and oxygen atoms in total. The maximum atomic E-state index is 12.5. The molecule has 0 spiro atoms. The highest BCUT2D eigenvalue weighted by Crippen LogP contribution is 2.03. The Balaban J connectivity index is 2.25. The van der Waals surface area contributed by atoms with Crippen LogP contribution in [0.5, 0.6) is 0 Å². The van der Waals surface area contributed by atoms with Crippen LogP contribution in [-0.2, 0) is 16.0 Å². The summed E-state index contributed by atoms with van der Waals surface area (Å²) in [6.07, 6.45) is 0.646. The molecule has 0 unspecified atom stereocenters. The summed E-state index contributed by atoms with van der Waals surface area (Å²) in [7, 11) is 0. The molecule has 0 fully saturated rings. The van der Waals surface area contributed by atoms with Crippen LogP contribution < -0.4 is 5.73 Å². The molecule has 76 valence electrons. The number of halogens is 1. The molecule has 0 bridgehead atoms. The lowest BCUT2D eigenvalue weighted by Crippen LogP contribution is -2.18. The summed E-state index contributed by atoms with van der Waals surface area (Å²) in [5.74, 6) is -0.740. The lowest BCUT2D eigenvalue weighted by Gasteiger charge is -2.01. The van der Waals surface area contributed by atoms with Crippen molar-refractivity contribution in [3.63, 3.8) is 0 Å². The van der Waals surface area contributed by atoms with Gasteiger partial charge in [-0.1, -0.05) is 12.1 Å². The molecule has 0 saturated heterocycles. The first-order valence-electron chi connectivity index (χ1n) is 4.29. The summed E-state index contributed by atoms with van der Waals surface area (Å²) >= 11 is 0. The zero-order valence-corrected chi connectivity index (χ0v) is 7.70. The number of hydrogen-bond acceptors (Lipinski definition) is 2. The third kappa shape index (κ3) is 4.00. The number of carbonyl (C=O) groups is 1. The average molecular weight is 197 g/mol. The fraction of sp³-hybridized carbons (Fsp3) is 0.300. The maximum Gasteiger partial charge on any atom is 0.243 e. The molecule has 0 aliphatic rings. The fourth-order valence-electron chi connectivity index (χ4n) is 1.01. The molecular formula is C10H12FNO2. The molecule has 4 heteroatoms. The van der Waals surface area contributed by atoms with Crippen molar-refractivity contribution in [2.75, 3.05) is 13.2 Å². The van der Waals surface area contributed by atoms with Gasteiger partial charge >= 0.3 is 0 Å². The molecule has 0 aliphatic carbocycles. The summed E-state index contributed by atoms with van der Waals surface area (Å²) in [5.41, 5.74) is 5.85. The average Bonchev–Trinajstić information content (AvgIpc) is 2.15. The van der Waals surface area contributed by atoms with E-state index in [1.54, 1.807) is 12.1 Å². The van der Waals surface area contributed by atoms with Crippen molar-refractivity contribution in [1.82, 2.24) is 0 Å². The minimum Gasteiger partial charge on any atom is -0.371 e. The van der Waals surface area contributed by atoms with E-state index in [1.165, 1.54) is 12.1 Å². The van der Waals surface area contributed by atoms with Crippen LogP contribution in [0.3, 0.4) is 0 Å². The van der Waals surface area contributed by atoms with Crippen LogP contribution in [0.4, 0.5) is 4.39 Å². The molecular weight excluding hydrogens is 185 g/mol. The van der Waals surface area contributed by atoms with E-state index in [0.29, 0.717) is 13.0 Å². The Morgan fingerprint density at radius 1 is 1.36 bits per heavy atom. The number of ether oxygens (including phenoxy) is 1. The third-order valence-electron chi connectivity index (χ3n) is 1.69. The summed E-state index contributed by atoms with van der Waals surface area (Å²) in [6.45, 7) is 0.343. The minimum atomic E-state index is -0.482. The highest BCUT2D eigenvalue weighted by Gasteiger charge is 1.96. The van der Waals surface area contributed by atoms with Gasteiger partial charge in [0.15, 0.2) is 0 Å². The SMILES string of the molecule is NC(=O)COCCc1ccc(F)cc1. The number of nitrogens with two attached hydrogens (primary N) is 1. The van der Waals surface area contributed by atoms with E-state index in [1.807, 2.05) is 0 Å². The molecule has 0 atom stereocenters. The number of carbonyl (C=O) groups excluding carboxylic acids is 1. The van der Waals surface area contributed by atoms with Gasteiger partial charge < -0.3 is 10.5 Å². The molecule has 0 heterocycles. The first-order valence-corrected chi connectivity index (χ1v) is 4.29. The van der Waals surface area contributed by atoms with E-state index < -0.39 is 5.91 Å². The number of hydrogen-bond donors (Lipinski definition) is 1. The Bertz CT molecular complexity index is 297. The van der Waals surface area contributed by atoms with E-state index in [0.717, 1.165) is 5.56 Å². The largest absolute Gasteiger partial charge is 0.371 e. The third-order valence-corrected chi connectivity index (χ3v) is 1.69. The van der Waals surface area contributed by atoms with Gasteiger partial charge in [0, 0.05) is 0 Å². The Morgan fingerprint density at radius 3 is 2.57 bits per heavy atom. The number of amides is 1. The van der Waals surface area contributed by atoms with Crippen molar-refractivity contribution in [1.29, 1.82) is 0 Å². The van der Waals surface area contributed by atoms with Gasteiger partial charge in [0.25, 0.3) is 0 Å². The van der Waals surface area contributed by atoms with Gasteiger partial charge in [-0.15, -0.1) is 0 Å². The zero-order chi connectivity index (χ0) is 10.4. The normalized spacial score (nSPS) is 10.1. The molecule has 1 aromatic rings. The van der Waals surface area contributed by atoms with Gasteiger partial charge in [-0.05, 0) is 24.1 Å². The van der Waals surface area contributed by atoms with Crippen molar-refractivity contribution in [3.05, 3.63) is 35.6 Å². The topological polar surface area (TPSA) is 52.3 Å². The predicted octanol–water partition coefficient (Wildman–Crippen LogP) is 0.870. The molecule has 2 N–H and O–H groups in total. The first-order chi connectivity index (χ1) is 6.68. The predicted molar refractivity (Wildman–Crippen MR) is 50.1 cm³/mol. The van der Waals surface area contributed by atoms with Gasteiger partial charge in [-0.25, -0.2) is 4.39 Å². The Labute approximate surface area is 81.7 Å². The molecule has 0 saturated carbocycles. The second-order valence-corrected chi connectivity index (χ2v) is 2.90. The van der Waals surface area contributed by atoms with Crippen LogP contribution in [0.15, 0.2) is 24.3 Å². The monoisotopic (exact) mass is 197 g/mol. The number of rotatable bonds is 5. The van der Waals surface area contributed by atoms with Crippen LogP contribution in [-0.4, -0.2) is 19.1 Å². The maximum absolute atomic E-state index is 12.5. The van der Waals surface area contributed by atoms with Gasteiger partial charge in [0.1, 0.15) is 12.4 Å². The van der Waals surface area contributed by atoms with E-state index in [4.69, 9.17) is 10.5 Å². The Morgan fingerprint density at radius 2 is 2.00 bits per heavy atom. The van der Waals surface area contributed by atoms with Crippen LogP contribution in [0.1, 0.15) is 5.56 Å². The quantitative estimate of drug-likeness (QED) is 0.712. The standard InChI is InChI=1S/C10H12FNO2/c11-9-3-1-8(2-4-9)5-6-14-7-10(12)13/h1-4H,5-7H2,(H2,12,13). The van der Waals surface area contributed by atoms with Crippen LogP contribution in [0.2, 0.25) is 0 Å². The summed E-state index contributed by atoms with van der Waals surface area (Å²) in [5, 5.41) is 0. The zero-order valence-electron chi connectivity index (χ0n) is 7.70. The van der Waals surface area contributed by atoms with E-state index in [9.17, 15) is 9.18 Å². The molecule has 1 amide bonds. The van der Waals surface area contributed by atoms with Gasteiger partial charge in [0.05, 0.1) is 6.61 Å². The second-order valence-electron chi connectivity index (χ2n) is 2.90. The molecule has 14 heavy (non-hydrogen) atoms. The highest BCUT2D eigenvalue weighted by atomic mass is 19.1. The van der Waals surface area contributed by atoms with Crippen molar-refractivity contribution < 1.29 is 13.9 Å². The van der Waals surface area contributed by atoms with Gasteiger partial charge in [-0.2, -0.15) is 0 Å². The molecule has 0 aliphatic heterocycles. The van der Waals surface area contributed by atoms with Crippen LogP contribution >= 0.6 is 0 Å². The first kappa shape index (κ1) is 10.7. The summed E-state index contributed by atoms with van der Waals surface area (Å²) in [4.78, 5) is 10.3. The highest BCUT2D eigenvalue weighted by molar-refractivity contribution is 5.74. The number of primary amides is 1. The molecule has 0 aromatic heterocycles. The lowest BCUT2D eigenvalue weighted by molar-refractivity contribution is -0.122. The fourth-order valence-corrected chi connectivity index (χ4v) is 1.01. The van der Waals surface area contributed by atoms with Crippen LogP contribution in [0, 0.1) is 5.82 Å². The van der Waals surface area contributed by atoms with E-state index >= 15 is 0 Å². The second kappa shape index (κ2) is 5.34. The Hall–Kier alpha value is -1.42. The van der Waals surface area contributed by atoms with E-state index in [-0.39, 0.29) is 12.4 Å². The molecule has 1 rings (SSSR count). The number of benzene rings is 1. The van der Waals surface area contributed by atoms with Crippen molar-refractivity contribution in [2.24, 2.45) is 5.73 Å². The van der Waals surface area contributed by atoms with Crippen LogP contribution in [0.25, 0.3) is 0 Å². The van der Waals surface area contributed by atoms with E-state index in [2.05, 4.69) is 0 Å². The lowest BCUT2D eigenvalue weighted by atomic mass is 10.2. The molecule has 0 radical (unpaired) electrons. The van der Waals surface area contributed by atoms with Gasteiger partial charge in [0.2, 0.25) is 5.91 Å². The summed E-state index contributed by atoms with van der Waals surface area (Å²) < 4.78 is 17.4. The smallest absolute Gasteiger partial charge is 0.243 e. The van der Waals surface area contributed by atoms with Crippen molar-refractivity contribution >= 4 is 5.91 Å². The summed E-state index contributed by atoms with van der Waals surface area (Å²) in [6, 6.07) is 6.15. The van der Waals surface area contributed by atoms with Crippen molar-refractivity contribution in [3.8, 4) is 0 Å². The van der Waals surface area contributed by atoms with Crippen molar-refractivity contribution in [2.45, 2.75) is 6.42 Å². The molecule has 1 aromatic carbocycles. The Kier molecular flexibility index (Phi) is 4.07. The van der Waals surface area contributed by atoms with Gasteiger partial charge in [-0.3, -0.25) is 4.79 Å². The minimum absolute atomic E-state index is 0.0683.